The van der Waals surface area contributed by atoms with E-state index in [1.165, 1.54) is 24.1 Å². The van der Waals surface area contributed by atoms with Gasteiger partial charge in [0.05, 0.1) is 11.5 Å². The predicted octanol–water partition coefficient (Wildman–Crippen LogP) is 0.669. The largest absolute Gasteiger partial charge is 0.482 e. The lowest BCUT2D eigenvalue weighted by molar-refractivity contribution is -0.153. The zero-order valence-electron chi connectivity index (χ0n) is 16.0. The minimum absolute atomic E-state index is 0.0499. The molecule has 0 N–H and O–H groups in total. The number of carbonyl (C=O) groups is 2. The van der Waals surface area contributed by atoms with Gasteiger partial charge in [0, 0.05) is 30.6 Å². The van der Waals surface area contributed by atoms with E-state index in [1.54, 1.807) is 19.1 Å². The normalized spacial score (nSPS) is 17.8. The van der Waals surface area contributed by atoms with Gasteiger partial charge in [-0.2, -0.15) is 0 Å². The molecule has 1 aliphatic rings. The number of likely N-dealkylation sites (N-methyl/N-ethyl adjacent to an activating group) is 1. The lowest BCUT2D eigenvalue weighted by Gasteiger charge is -2.23. The van der Waals surface area contributed by atoms with Crippen LogP contribution < -0.4 is 10.4 Å². The van der Waals surface area contributed by atoms with E-state index in [4.69, 9.17) is 13.9 Å². The van der Waals surface area contributed by atoms with E-state index in [9.17, 15) is 22.8 Å². The maximum Gasteiger partial charge on any atom is 0.344 e. The van der Waals surface area contributed by atoms with Gasteiger partial charge < -0.3 is 18.8 Å². The first-order valence-corrected chi connectivity index (χ1v) is 10.8. The Kier molecular flexibility index (Phi) is 5.92. The van der Waals surface area contributed by atoms with Crippen LogP contribution in [0.25, 0.3) is 11.0 Å². The first-order valence-electron chi connectivity index (χ1n) is 8.93. The Morgan fingerprint density at radius 2 is 2.00 bits per heavy atom. The first kappa shape index (κ1) is 20.8. The number of esters is 1. The van der Waals surface area contributed by atoms with Crippen LogP contribution in [0.15, 0.2) is 33.5 Å². The molecule has 156 valence electrons. The molecule has 1 aromatic heterocycles. The van der Waals surface area contributed by atoms with E-state index >= 15 is 0 Å². The van der Waals surface area contributed by atoms with Crippen LogP contribution in [-0.2, 0) is 24.2 Å². The van der Waals surface area contributed by atoms with Crippen molar-refractivity contribution in [1.29, 1.82) is 0 Å². The second-order valence-corrected chi connectivity index (χ2v) is 9.15. The molecule has 1 amide bonds. The van der Waals surface area contributed by atoms with Gasteiger partial charge in [-0.15, -0.1) is 0 Å². The molecule has 2 aromatic rings. The summed E-state index contributed by atoms with van der Waals surface area (Å²) in [6, 6.07) is 5.81. The van der Waals surface area contributed by atoms with Crippen LogP contribution in [-0.4, -0.2) is 63.0 Å². The molecular weight excluding hydrogens is 402 g/mol. The van der Waals surface area contributed by atoms with Crippen LogP contribution in [0.3, 0.4) is 0 Å². The standard InChI is InChI=1S/C19H21NO8S/c1-12-7-18(22)28-16-8-14(3-4-15(12)16)26-10-19(23)27-9-17(21)20(2)13-5-6-29(24,25)11-13/h3-4,7-8,13H,5-6,9-11H2,1-2H3/t13-/m1/s1. The zero-order chi connectivity index (χ0) is 21.2. The summed E-state index contributed by atoms with van der Waals surface area (Å²) in [6.45, 7) is 0.851. The minimum Gasteiger partial charge on any atom is -0.482 e. The number of fused-ring (bicyclic) bond motifs is 1. The molecule has 1 aromatic carbocycles. The Morgan fingerprint density at radius 1 is 1.24 bits per heavy atom. The summed E-state index contributed by atoms with van der Waals surface area (Å²) in [7, 11) is -1.63. The van der Waals surface area contributed by atoms with Gasteiger partial charge in [0.1, 0.15) is 11.3 Å². The highest BCUT2D eigenvalue weighted by Crippen LogP contribution is 2.22. The maximum atomic E-state index is 12.1. The quantitative estimate of drug-likeness (QED) is 0.491. The number of nitrogens with zero attached hydrogens (tertiary/aromatic N) is 1. The fraction of sp³-hybridized carbons (Fsp3) is 0.421. The molecule has 0 bridgehead atoms. The Hall–Kier alpha value is -2.88. The Morgan fingerprint density at radius 3 is 2.69 bits per heavy atom. The molecule has 1 aliphatic heterocycles. The van der Waals surface area contributed by atoms with Crippen molar-refractivity contribution in [3.05, 3.63) is 40.2 Å². The summed E-state index contributed by atoms with van der Waals surface area (Å²) in [5, 5.41) is 0.752. The molecule has 0 spiro atoms. The van der Waals surface area contributed by atoms with E-state index in [2.05, 4.69) is 0 Å². The lowest BCUT2D eigenvalue weighted by Crippen LogP contribution is -2.40. The SMILES string of the molecule is Cc1cc(=O)oc2cc(OCC(=O)OCC(=O)N(C)[C@@H]3CCS(=O)(=O)C3)ccc12. The fourth-order valence-electron chi connectivity index (χ4n) is 3.11. The fourth-order valence-corrected chi connectivity index (χ4v) is 4.88. The second kappa shape index (κ2) is 8.24. The number of ether oxygens (including phenoxy) is 2. The van der Waals surface area contributed by atoms with Crippen molar-refractivity contribution in [2.75, 3.05) is 31.8 Å². The number of benzene rings is 1. The monoisotopic (exact) mass is 423 g/mol. The van der Waals surface area contributed by atoms with Gasteiger partial charge in [0.25, 0.3) is 5.91 Å². The molecule has 2 heterocycles. The van der Waals surface area contributed by atoms with Crippen molar-refractivity contribution in [2.24, 2.45) is 0 Å². The van der Waals surface area contributed by atoms with E-state index in [1.807, 2.05) is 0 Å². The highest BCUT2D eigenvalue weighted by Gasteiger charge is 2.32. The summed E-state index contributed by atoms with van der Waals surface area (Å²) in [5.41, 5.74) is 0.619. The van der Waals surface area contributed by atoms with Crippen molar-refractivity contribution in [1.82, 2.24) is 4.90 Å². The van der Waals surface area contributed by atoms with Crippen LogP contribution in [0.4, 0.5) is 0 Å². The third kappa shape index (κ3) is 5.14. The van der Waals surface area contributed by atoms with E-state index in [-0.39, 0.29) is 11.5 Å². The van der Waals surface area contributed by atoms with Gasteiger partial charge >= 0.3 is 11.6 Å². The number of hydrogen-bond donors (Lipinski definition) is 0. The summed E-state index contributed by atoms with van der Waals surface area (Å²) >= 11 is 0. The number of amides is 1. The van der Waals surface area contributed by atoms with Crippen LogP contribution >= 0.6 is 0 Å². The zero-order valence-corrected chi connectivity index (χ0v) is 16.9. The van der Waals surface area contributed by atoms with Crippen LogP contribution in [0, 0.1) is 6.92 Å². The molecule has 1 atom stereocenters. The van der Waals surface area contributed by atoms with Crippen molar-refractivity contribution < 1.29 is 31.9 Å². The lowest BCUT2D eigenvalue weighted by atomic mass is 10.1. The Balaban J connectivity index is 1.50. The molecule has 0 aliphatic carbocycles. The number of aryl methyl sites for hydroxylation is 1. The van der Waals surface area contributed by atoms with Gasteiger partial charge in [-0.1, -0.05) is 0 Å². The van der Waals surface area contributed by atoms with E-state index in [0.717, 1.165) is 10.9 Å². The molecule has 1 fully saturated rings. The summed E-state index contributed by atoms with van der Waals surface area (Å²) in [5.74, 6) is -0.958. The smallest absolute Gasteiger partial charge is 0.344 e. The van der Waals surface area contributed by atoms with Gasteiger partial charge in [0.15, 0.2) is 23.1 Å². The highest BCUT2D eigenvalue weighted by atomic mass is 32.2. The van der Waals surface area contributed by atoms with Crippen LogP contribution in [0.1, 0.15) is 12.0 Å². The maximum absolute atomic E-state index is 12.1. The second-order valence-electron chi connectivity index (χ2n) is 6.92. The summed E-state index contributed by atoms with van der Waals surface area (Å²) < 4.78 is 38.4. The average Bonchev–Trinajstić information content (AvgIpc) is 3.03. The molecule has 0 radical (unpaired) electrons. The predicted molar refractivity (Wildman–Crippen MR) is 104 cm³/mol. The number of sulfone groups is 1. The number of rotatable bonds is 6. The van der Waals surface area contributed by atoms with Crippen molar-refractivity contribution in [2.45, 2.75) is 19.4 Å². The van der Waals surface area contributed by atoms with Gasteiger partial charge in [0.2, 0.25) is 0 Å². The van der Waals surface area contributed by atoms with Gasteiger partial charge in [-0.3, -0.25) is 4.79 Å². The number of carbonyl (C=O) groups excluding carboxylic acids is 2. The number of hydrogen-bond acceptors (Lipinski definition) is 8. The molecular formula is C19H21NO8S. The van der Waals surface area contributed by atoms with Crippen molar-refractivity contribution in [3.8, 4) is 5.75 Å². The van der Waals surface area contributed by atoms with E-state index in [0.29, 0.717) is 17.8 Å². The molecule has 9 nitrogen and oxygen atoms in total. The summed E-state index contributed by atoms with van der Waals surface area (Å²) in [4.78, 5) is 36.7. The van der Waals surface area contributed by atoms with E-state index < -0.39 is 46.6 Å². The van der Waals surface area contributed by atoms with Crippen LogP contribution in [0.5, 0.6) is 5.75 Å². The summed E-state index contributed by atoms with van der Waals surface area (Å²) in [6.07, 6.45) is 0.374. The minimum atomic E-state index is -3.11. The van der Waals surface area contributed by atoms with Gasteiger partial charge in [-0.25, -0.2) is 18.0 Å². The highest BCUT2D eigenvalue weighted by molar-refractivity contribution is 7.91. The van der Waals surface area contributed by atoms with Crippen molar-refractivity contribution >= 4 is 32.7 Å². The first-order chi connectivity index (χ1) is 13.6. The van der Waals surface area contributed by atoms with Gasteiger partial charge in [-0.05, 0) is 31.0 Å². The molecule has 3 rings (SSSR count). The molecule has 0 unspecified atom stereocenters. The molecule has 1 saturated heterocycles. The third-order valence-electron chi connectivity index (χ3n) is 4.79. The third-order valence-corrected chi connectivity index (χ3v) is 6.54. The van der Waals surface area contributed by atoms with Crippen molar-refractivity contribution in [3.63, 3.8) is 0 Å². The topological polar surface area (TPSA) is 120 Å². The molecule has 10 heteroatoms. The molecule has 0 saturated carbocycles. The molecule has 29 heavy (non-hydrogen) atoms. The Labute approximate surface area is 167 Å². The van der Waals surface area contributed by atoms with Crippen LogP contribution in [0.2, 0.25) is 0 Å². The average molecular weight is 423 g/mol. The Bertz CT molecular complexity index is 1100.